The Balaban J connectivity index is 2.49. The molecule has 2 aromatic heterocycles. The normalized spacial score (nSPS) is 12.4. The van der Waals surface area contributed by atoms with Crippen LogP contribution in [0.2, 0.25) is 0 Å². The molecule has 0 spiro atoms. The van der Waals surface area contributed by atoms with Gasteiger partial charge in [0.25, 0.3) is 11.5 Å². The van der Waals surface area contributed by atoms with Crippen LogP contribution in [0.4, 0.5) is 0 Å². The minimum absolute atomic E-state index is 0.138. The Morgan fingerprint density at radius 1 is 1.32 bits per heavy atom. The van der Waals surface area contributed by atoms with Gasteiger partial charge >= 0.3 is 5.69 Å². The SMILES string of the molecule is COCC(C)NC(=O)c1ccc2c(=O)n(C)c(=O)n(C)c2n1. The third-order valence-electron chi connectivity index (χ3n) is 3.33. The Morgan fingerprint density at radius 2 is 2.00 bits per heavy atom. The van der Waals surface area contributed by atoms with E-state index in [-0.39, 0.29) is 28.7 Å². The number of hydrogen-bond donors (Lipinski definition) is 1. The van der Waals surface area contributed by atoms with Crippen molar-refractivity contribution in [2.75, 3.05) is 13.7 Å². The summed E-state index contributed by atoms with van der Waals surface area (Å²) in [4.78, 5) is 40.2. The Morgan fingerprint density at radius 3 is 2.64 bits per heavy atom. The zero-order chi connectivity index (χ0) is 16.4. The maximum atomic E-state index is 12.1. The van der Waals surface area contributed by atoms with Crippen LogP contribution in [0.15, 0.2) is 21.7 Å². The van der Waals surface area contributed by atoms with Gasteiger partial charge in [0.05, 0.1) is 12.0 Å². The summed E-state index contributed by atoms with van der Waals surface area (Å²) >= 11 is 0. The average Bonchev–Trinajstić information content (AvgIpc) is 2.50. The number of nitrogens with one attached hydrogen (secondary N) is 1. The highest BCUT2D eigenvalue weighted by atomic mass is 16.5. The number of hydrogen-bond acceptors (Lipinski definition) is 5. The number of methoxy groups -OCH3 is 1. The van der Waals surface area contributed by atoms with Gasteiger partial charge < -0.3 is 10.1 Å². The molecule has 0 fully saturated rings. The molecule has 1 unspecified atom stereocenters. The predicted octanol–water partition coefficient (Wildman–Crippen LogP) is -0.603. The number of ether oxygens (including phenoxy) is 1. The molecule has 0 aliphatic carbocycles. The molecule has 1 atom stereocenters. The molecular formula is C14H18N4O4. The fourth-order valence-electron chi connectivity index (χ4n) is 2.17. The van der Waals surface area contributed by atoms with E-state index < -0.39 is 11.2 Å². The standard InChI is InChI=1S/C14H18N4O4/c1-8(7-22-4)15-12(19)10-6-5-9-11(16-10)17(2)14(21)18(3)13(9)20/h5-6,8H,7H2,1-4H3,(H,15,19). The first-order valence-corrected chi connectivity index (χ1v) is 6.73. The number of aromatic nitrogens is 3. The molecule has 2 heterocycles. The number of rotatable bonds is 4. The van der Waals surface area contributed by atoms with Crippen molar-refractivity contribution >= 4 is 16.9 Å². The molecule has 1 N–H and O–H groups in total. The summed E-state index contributed by atoms with van der Waals surface area (Å²) in [6.45, 7) is 2.17. The minimum Gasteiger partial charge on any atom is -0.383 e. The van der Waals surface area contributed by atoms with Crippen molar-refractivity contribution in [3.8, 4) is 0 Å². The van der Waals surface area contributed by atoms with Crippen LogP contribution in [0.3, 0.4) is 0 Å². The summed E-state index contributed by atoms with van der Waals surface area (Å²) in [5.41, 5.74) is -0.612. The molecule has 2 rings (SSSR count). The number of pyridine rings is 1. The molecule has 0 saturated heterocycles. The highest BCUT2D eigenvalue weighted by Crippen LogP contribution is 2.06. The summed E-state index contributed by atoms with van der Waals surface area (Å²) in [5, 5.41) is 3.01. The highest BCUT2D eigenvalue weighted by molar-refractivity contribution is 5.94. The van der Waals surface area contributed by atoms with Crippen LogP contribution in [0, 0.1) is 0 Å². The van der Waals surface area contributed by atoms with Crippen molar-refractivity contribution in [2.24, 2.45) is 14.1 Å². The largest absolute Gasteiger partial charge is 0.383 e. The number of carbonyl (C=O) groups is 1. The van der Waals surface area contributed by atoms with E-state index in [1.807, 2.05) is 0 Å². The van der Waals surface area contributed by atoms with Crippen LogP contribution in [0.1, 0.15) is 17.4 Å². The van der Waals surface area contributed by atoms with E-state index in [0.717, 1.165) is 4.57 Å². The van der Waals surface area contributed by atoms with Crippen molar-refractivity contribution in [2.45, 2.75) is 13.0 Å². The van der Waals surface area contributed by atoms with Crippen molar-refractivity contribution in [3.63, 3.8) is 0 Å². The van der Waals surface area contributed by atoms with Gasteiger partial charge in [0, 0.05) is 27.2 Å². The molecular weight excluding hydrogens is 288 g/mol. The van der Waals surface area contributed by atoms with E-state index in [1.165, 1.54) is 30.8 Å². The van der Waals surface area contributed by atoms with Gasteiger partial charge in [0.1, 0.15) is 11.3 Å². The summed E-state index contributed by atoms with van der Waals surface area (Å²) in [5.74, 6) is -0.389. The van der Waals surface area contributed by atoms with Gasteiger partial charge in [-0.2, -0.15) is 0 Å². The van der Waals surface area contributed by atoms with Crippen molar-refractivity contribution < 1.29 is 9.53 Å². The fraction of sp³-hybridized carbons (Fsp3) is 0.429. The number of nitrogens with zero attached hydrogens (tertiary/aromatic N) is 3. The van der Waals surface area contributed by atoms with Gasteiger partial charge in [-0.15, -0.1) is 0 Å². The average molecular weight is 306 g/mol. The molecule has 0 bridgehead atoms. The van der Waals surface area contributed by atoms with Gasteiger partial charge in [0.2, 0.25) is 0 Å². The molecule has 0 aromatic carbocycles. The lowest BCUT2D eigenvalue weighted by molar-refractivity contribution is 0.0901. The molecule has 118 valence electrons. The van der Waals surface area contributed by atoms with E-state index >= 15 is 0 Å². The van der Waals surface area contributed by atoms with E-state index in [2.05, 4.69) is 10.3 Å². The Hall–Kier alpha value is -2.48. The molecule has 0 aliphatic heterocycles. The van der Waals surface area contributed by atoms with Gasteiger partial charge in [-0.25, -0.2) is 9.78 Å². The molecule has 0 radical (unpaired) electrons. The zero-order valence-electron chi connectivity index (χ0n) is 12.9. The molecule has 22 heavy (non-hydrogen) atoms. The van der Waals surface area contributed by atoms with Gasteiger partial charge in [0.15, 0.2) is 0 Å². The van der Waals surface area contributed by atoms with Crippen LogP contribution in [0.5, 0.6) is 0 Å². The molecule has 2 aromatic rings. The fourth-order valence-corrected chi connectivity index (χ4v) is 2.17. The van der Waals surface area contributed by atoms with Crippen LogP contribution >= 0.6 is 0 Å². The monoisotopic (exact) mass is 306 g/mol. The summed E-state index contributed by atoms with van der Waals surface area (Å²) in [6, 6.07) is 2.78. The van der Waals surface area contributed by atoms with Gasteiger partial charge in [-0.1, -0.05) is 0 Å². The Bertz CT molecular complexity index is 837. The van der Waals surface area contributed by atoms with Crippen molar-refractivity contribution in [1.82, 2.24) is 19.4 Å². The minimum atomic E-state index is -0.490. The second kappa shape index (κ2) is 6.10. The summed E-state index contributed by atoms with van der Waals surface area (Å²) < 4.78 is 7.20. The lowest BCUT2D eigenvalue weighted by atomic mass is 10.2. The van der Waals surface area contributed by atoms with E-state index in [1.54, 1.807) is 14.0 Å². The van der Waals surface area contributed by atoms with E-state index in [9.17, 15) is 14.4 Å². The highest BCUT2D eigenvalue weighted by Gasteiger charge is 2.15. The quantitative estimate of drug-likeness (QED) is 0.813. The number of amides is 1. The Kier molecular flexibility index (Phi) is 4.41. The van der Waals surface area contributed by atoms with Gasteiger partial charge in [-0.05, 0) is 19.1 Å². The molecule has 0 aliphatic rings. The first kappa shape index (κ1) is 15.9. The second-order valence-corrected chi connectivity index (χ2v) is 5.10. The van der Waals surface area contributed by atoms with Crippen molar-refractivity contribution in [3.05, 3.63) is 38.7 Å². The number of carbonyl (C=O) groups excluding carboxylic acids is 1. The van der Waals surface area contributed by atoms with Crippen molar-refractivity contribution in [1.29, 1.82) is 0 Å². The van der Waals surface area contributed by atoms with Crippen LogP contribution < -0.4 is 16.6 Å². The maximum Gasteiger partial charge on any atom is 0.332 e. The van der Waals surface area contributed by atoms with Crippen LogP contribution in [0.25, 0.3) is 11.0 Å². The van der Waals surface area contributed by atoms with E-state index in [4.69, 9.17) is 4.74 Å². The van der Waals surface area contributed by atoms with Crippen LogP contribution in [-0.4, -0.2) is 39.8 Å². The van der Waals surface area contributed by atoms with E-state index in [0.29, 0.717) is 6.61 Å². The first-order valence-electron chi connectivity index (χ1n) is 6.73. The predicted molar refractivity (Wildman–Crippen MR) is 81.0 cm³/mol. The molecule has 0 saturated carbocycles. The summed E-state index contributed by atoms with van der Waals surface area (Å²) in [7, 11) is 4.45. The maximum absolute atomic E-state index is 12.1. The van der Waals surface area contributed by atoms with Crippen LogP contribution in [-0.2, 0) is 18.8 Å². The lowest BCUT2D eigenvalue weighted by Gasteiger charge is -2.13. The number of aryl methyl sites for hydroxylation is 1. The molecule has 8 nitrogen and oxygen atoms in total. The molecule has 8 heteroatoms. The lowest BCUT2D eigenvalue weighted by Crippen LogP contribution is -2.38. The topological polar surface area (TPSA) is 95.2 Å². The smallest absolute Gasteiger partial charge is 0.332 e. The molecule has 1 amide bonds. The third kappa shape index (κ3) is 2.77. The third-order valence-corrected chi connectivity index (χ3v) is 3.33. The zero-order valence-corrected chi connectivity index (χ0v) is 12.9. The Labute approximate surface area is 126 Å². The summed E-state index contributed by atoms with van der Waals surface area (Å²) in [6.07, 6.45) is 0. The van der Waals surface area contributed by atoms with Gasteiger partial charge in [-0.3, -0.25) is 18.7 Å². The second-order valence-electron chi connectivity index (χ2n) is 5.10. The first-order chi connectivity index (χ1) is 10.4. The number of fused-ring (bicyclic) bond motifs is 1.